The highest BCUT2D eigenvalue weighted by Gasteiger charge is 2.07. The van der Waals surface area contributed by atoms with E-state index in [0.717, 1.165) is 0 Å². The van der Waals surface area contributed by atoms with E-state index in [0.29, 0.717) is 0 Å². The first-order chi connectivity index (χ1) is 9.45. The number of nitrogens with zero attached hydrogens (tertiary/aromatic N) is 1. The third-order valence-corrected chi connectivity index (χ3v) is 4.14. The smallest absolute Gasteiger partial charge is 0.0386 e. The van der Waals surface area contributed by atoms with E-state index in [9.17, 15) is 0 Å². The summed E-state index contributed by atoms with van der Waals surface area (Å²) in [6, 6.07) is 0. The van der Waals surface area contributed by atoms with Crippen LogP contribution in [0, 0.1) is 0 Å². The molecule has 106 valence electrons. The van der Waals surface area contributed by atoms with Gasteiger partial charge in [-0.15, -0.1) is 0 Å². The molecule has 0 aromatic rings. The van der Waals surface area contributed by atoms with Crippen molar-refractivity contribution in [1.29, 1.82) is 0 Å². The maximum absolute atomic E-state index is 2.50. The zero-order chi connectivity index (χ0) is 13.2. The fourth-order valence-electron chi connectivity index (χ4n) is 2.94. The van der Waals surface area contributed by atoms with Crippen LogP contribution < -0.4 is 0 Å². The van der Waals surface area contributed by atoms with E-state index in [4.69, 9.17) is 0 Å². The lowest BCUT2D eigenvalue weighted by atomic mass is 10.0. The molecule has 2 heterocycles. The van der Waals surface area contributed by atoms with E-state index in [1.54, 1.807) is 5.57 Å². The van der Waals surface area contributed by atoms with Crippen LogP contribution in [0.4, 0.5) is 0 Å². The minimum absolute atomic E-state index is 1.18. The highest BCUT2D eigenvalue weighted by Crippen LogP contribution is 2.17. The largest absolute Gasteiger partial charge is 0.373 e. The van der Waals surface area contributed by atoms with Gasteiger partial charge in [0.15, 0.2) is 0 Å². The van der Waals surface area contributed by atoms with Crippen LogP contribution in [0.3, 0.4) is 0 Å². The Bertz CT molecular complexity index is 325. The zero-order valence-electron chi connectivity index (χ0n) is 12.3. The second-order valence-electron chi connectivity index (χ2n) is 5.91. The maximum atomic E-state index is 2.50. The van der Waals surface area contributed by atoms with Gasteiger partial charge < -0.3 is 4.90 Å². The predicted octanol–water partition coefficient (Wildman–Crippen LogP) is 5.21. The van der Waals surface area contributed by atoms with Crippen molar-refractivity contribution in [1.82, 2.24) is 4.90 Å². The molecule has 0 spiro atoms. The van der Waals surface area contributed by atoms with E-state index in [1.807, 2.05) is 0 Å². The molecule has 0 fully saturated rings. The third-order valence-electron chi connectivity index (χ3n) is 4.14. The summed E-state index contributed by atoms with van der Waals surface area (Å²) in [4.78, 5) is 2.50. The van der Waals surface area contributed by atoms with Crippen molar-refractivity contribution in [2.24, 2.45) is 0 Å². The molecule has 2 aliphatic rings. The van der Waals surface area contributed by atoms with Gasteiger partial charge in [-0.25, -0.2) is 0 Å². The molecule has 2 aliphatic heterocycles. The van der Waals surface area contributed by atoms with Crippen LogP contribution >= 0.6 is 0 Å². The van der Waals surface area contributed by atoms with Gasteiger partial charge in [-0.2, -0.15) is 0 Å². The van der Waals surface area contributed by atoms with Crippen molar-refractivity contribution >= 4 is 0 Å². The number of hydrogen-bond acceptors (Lipinski definition) is 1. The Labute approximate surface area is 119 Å². The summed E-state index contributed by atoms with van der Waals surface area (Å²) in [6.07, 6.45) is 25.1. The third kappa shape index (κ3) is 6.13. The lowest BCUT2D eigenvalue weighted by Gasteiger charge is -2.24. The molecule has 0 atom stereocenters. The first-order valence-corrected chi connectivity index (χ1v) is 8.20. The second kappa shape index (κ2) is 9.01. The van der Waals surface area contributed by atoms with Crippen LogP contribution in [0.1, 0.15) is 64.2 Å². The number of hydrogen-bond donors (Lipinski definition) is 0. The first kappa shape index (κ1) is 14.4. The Balaban J connectivity index is 1.79. The van der Waals surface area contributed by atoms with Crippen LogP contribution in [-0.4, -0.2) is 18.0 Å². The van der Waals surface area contributed by atoms with Crippen molar-refractivity contribution in [3.05, 3.63) is 36.1 Å². The van der Waals surface area contributed by atoms with Gasteiger partial charge in [-0.1, -0.05) is 43.1 Å². The highest BCUT2D eigenvalue weighted by molar-refractivity contribution is 5.18. The summed E-state index contributed by atoms with van der Waals surface area (Å²) in [6.45, 7) is 2.41. The standard InChI is InChI=1S/C18H29N/c1-2-4-6-8-10-13-18-14-12-16-19(17-18)15-11-9-7-5-3-1/h1,3,12,14,16H,2,4-11,13,15,17H2. The summed E-state index contributed by atoms with van der Waals surface area (Å²) in [5.41, 5.74) is 1.63. The Hall–Kier alpha value is -0.980. The molecule has 0 aliphatic carbocycles. The molecule has 2 bridgehead atoms. The topological polar surface area (TPSA) is 3.24 Å². The van der Waals surface area contributed by atoms with Gasteiger partial charge in [0, 0.05) is 13.1 Å². The lowest BCUT2D eigenvalue weighted by molar-refractivity contribution is 0.380. The van der Waals surface area contributed by atoms with E-state index < -0.39 is 0 Å². The molecule has 19 heavy (non-hydrogen) atoms. The average Bonchev–Trinajstić information content (AvgIpc) is 2.43. The maximum Gasteiger partial charge on any atom is 0.0386 e. The molecule has 0 saturated heterocycles. The summed E-state index contributed by atoms with van der Waals surface area (Å²) in [5.74, 6) is 0. The summed E-state index contributed by atoms with van der Waals surface area (Å²) >= 11 is 0. The van der Waals surface area contributed by atoms with Gasteiger partial charge in [0.25, 0.3) is 0 Å². The van der Waals surface area contributed by atoms with Crippen LogP contribution in [0.2, 0.25) is 0 Å². The normalized spacial score (nSPS) is 23.2. The summed E-state index contributed by atoms with van der Waals surface area (Å²) < 4.78 is 0. The molecule has 1 nitrogen and oxygen atoms in total. The van der Waals surface area contributed by atoms with Gasteiger partial charge in [-0.05, 0) is 57.2 Å². The van der Waals surface area contributed by atoms with Crippen molar-refractivity contribution in [2.45, 2.75) is 64.2 Å². The minimum atomic E-state index is 1.18. The Morgan fingerprint density at radius 1 is 0.789 bits per heavy atom. The molecule has 0 unspecified atom stereocenters. The quantitative estimate of drug-likeness (QED) is 0.540. The average molecular weight is 259 g/mol. The SMILES string of the molecule is C1=CN2CCCCCC=CCCCCCCC(=C1)C2. The molecule has 0 saturated carbocycles. The lowest BCUT2D eigenvalue weighted by Crippen LogP contribution is -2.23. The van der Waals surface area contributed by atoms with Crippen LogP contribution in [0.25, 0.3) is 0 Å². The van der Waals surface area contributed by atoms with Crippen molar-refractivity contribution in [3.8, 4) is 0 Å². The second-order valence-corrected chi connectivity index (χ2v) is 5.91. The molecule has 0 amide bonds. The van der Waals surface area contributed by atoms with Crippen molar-refractivity contribution < 1.29 is 0 Å². The molecular weight excluding hydrogens is 230 g/mol. The Morgan fingerprint density at radius 2 is 1.53 bits per heavy atom. The molecule has 0 aromatic heterocycles. The summed E-state index contributed by atoms with van der Waals surface area (Å²) in [7, 11) is 0. The van der Waals surface area contributed by atoms with Gasteiger partial charge >= 0.3 is 0 Å². The number of rotatable bonds is 0. The van der Waals surface area contributed by atoms with Crippen molar-refractivity contribution in [2.75, 3.05) is 13.1 Å². The molecule has 0 radical (unpaired) electrons. The van der Waals surface area contributed by atoms with E-state index in [-0.39, 0.29) is 0 Å². The van der Waals surface area contributed by atoms with Gasteiger partial charge in [0.2, 0.25) is 0 Å². The minimum Gasteiger partial charge on any atom is -0.373 e. The van der Waals surface area contributed by atoms with Crippen LogP contribution in [0.15, 0.2) is 36.1 Å². The zero-order valence-corrected chi connectivity index (χ0v) is 12.3. The van der Waals surface area contributed by atoms with E-state index in [2.05, 4.69) is 35.4 Å². The van der Waals surface area contributed by atoms with Gasteiger partial charge in [0.05, 0.1) is 0 Å². The van der Waals surface area contributed by atoms with Crippen LogP contribution in [-0.2, 0) is 0 Å². The molecule has 1 heteroatoms. The Morgan fingerprint density at radius 3 is 2.37 bits per heavy atom. The predicted molar refractivity (Wildman–Crippen MR) is 84.1 cm³/mol. The molecular formula is C18H29N. The molecule has 0 N–H and O–H groups in total. The molecule has 2 rings (SSSR count). The van der Waals surface area contributed by atoms with E-state index >= 15 is 0 Å². The number of allylic oxidation sites excluding steroid dienone is 4. The van der Waals surface area contributed by atoms with Crippen LogP contribution in [0.5, 0.6) is 0 Å². The first-order valence-electron chi connectivity index (χ1n) is 8.20. The summed E-state index contributed by atoms with van der Waals surface area (Å²) in [5, 5.41) is 0. The van der Waals surface area contributed by atoms with Gasteiger partial charge in [0.1, 0.15) is 0 Å². The monoisotopic (exact) mass is 259 g/mol. The number of fused-ring (bicyclic) bond motifs is 2. The fourth-order valence-corrected chi connectivity index (χ4v) is 2.94. The Kier molecular flexibility index (Phi) is 6.84. The highest BCUT2D eigenvalue weighted by atomic mass is 15.1. The van der Waals surface area contributed by atoms with Crippen molar-refractivity contribution in [3.63, 3.8) is 0 Å². The fraction of sp³-hybridized carbons (Fsp3) is 0.667. The van der Waals surface area contributed by atoms with E-state index in [1.165, 1.54) is 77.3 Å². The molecule has 0 aromatic carbocycles. The van der Waals surface area contributed by atoms with Gasteiger partial charge in [-0.3, -0.25) is 0 Å².